The molecule has 7 heteroatoms. The summed E-state index contributed by atoms with van der Waals surface area (Å²) in [5.74, 6) is -5.01. The first-order valence-corrected chi connectivity index (χ1v) is 7.16. The summed E-state index contributed by atoms with van der Waals surface area (Å²) in [6, 6.07) is 1.71. The van der Waals surface area contributed by atoms with E-state index in [2.05, 4.69) is 5.32 Å². The quantitative estimate of drug-likeness (QED) is 0.849. The van der Waals surface area contributed by atoms with Crippen molar-refractivity contribution < 1.29 is 27.4 Å². The lowest BCUT2D eigenvalue weighted by Gasteiger charge is -2.23. The molecule has 1 heterocycles. The highest BCUT2D eigenvalue weighted by Crippen LogP contribution is 2.20. The highest BCUT2D eigenvalue weighted by molar-refractivity contribution is 5.94. The van der Waals surface area contributed by atoms with E-state index in [1.165, 1.54) is 6.92 Å². The fourth-order valence-corrected chi connectivity index (χ4v) is 2.12. The lowest BCUT2D eigenvalue weighted by Crippen LogP contribution is -2.33. The highest BCUT2D eigenvalue weighted by atomic mass is 19.2. The first kappa shape index (κ1) is 16.8. The van der Waals surface area contributed by atoms with Crippen LogP contribution in [0.5, 0.6) is 0 Å². The molecule has 122 valence electrons. The first-order valence-electron chi connectivity index (χ1n) is 7.16. The van der Waals surface area contributed by atoms with Crippen LogP contribution in [0.4, 0.5) is 18.9 Å². The van der Waals surface area contributed by atoms with Crippen LogP contribution in [0.25, 0.3) is 0 Å². The van der Waals surface area contributed by atoms with Crippen molar-refractivity contribution in [3.8, 4) is 0 Å². The average molecular weight is 317 g/mol. The second-order valence-corrected chi connectivity index (χ2v) is 5.18. The van der Waals surface area contributed by atoms with Crippen LogP contribution in [0.15, 0.2) is 12.1 Å². The molecular weight excluding hydrogens is 299 g/mol. The minimum atomic E-state index is -1.62. The molecule has 22 heavy (non-hydrogen) atoms. The van der Waals surface area contributed by atoms with E-state index in [-0.39, 0.29) is 12.7 Å². The van der Waals surface area contributed by atoms with E-state index >= 15 is 0 Å². The molecule has 1 amide bonds. The lowest BCUT2D eigenvalue weighted by molar-refractivity contribution is -0.130. The van der Waals surface area contributed by atoms with Crippen LogP contribution in [0.1, 0.15) is 26.2 Å². The van der Waals surface area contributed by atoms with Crippen LogP contribution < -0.4 is 5.32 Å². The van der Waals surface area contributed by atoms with Gasteiger partial charge in [-0.2, -0.15) is 0 Å². The van der Waals surface area contributed by atoms with Gasteiger partial charge in [-0.3, -0.25) is 4.79 Å². The van der Waals surface area contributed by atoms with E-state index in [4.69, 9.17) is 9.47 Å². The molecule has 1 saturated heterocycles. The van der Waals surface area contributed by atoms with Crippen molar-refractivity contribution in [1.82, 2.24) is 0 Å². The van der Waals surface area contributed by atoms with Gasteiger partial charge in [0.2, 0.25) is 0 Å². The number of benzene rings is 1. The lowest BCUT2D eigenvalue weighted by atomic mass is 10.1. The molecule has 0 radical (unpaired) electrons. The van der Waals surface area contributed by atoms with Gasteiger partial charge >= 0.3 is 0 Å². The molecule has 1 N–H and O–H groups in total. The molecule has 2 unspecified atom stereocenters. The van der Waals surface area contributed by atoms with Gasteiger partial charge in [0, 0.05) is 6.61 Å². The van der Waals surface area contributed by atoms with Crippen molar-refractivity contribution in [2.75, 3.05) is 18.5 Å². The predicted octanol–water partition coefficient (Wildman–Crippen LogP) is 3.02. The number of halogens is 3. The predicted molar refractivity (Wildman–Crippen MR) is 74.0 cm³/mol. The maximum absolute atomic E-state index is 13.5. The maximum atomic E-state index is 13.5. The second kappa shape index (κ2) is 7.60. The molecule has 4 nitrogen and oxygen atoms in total. The highest BCUT2D eigenvalue weighted by Gasteiger charge is 2.21. The van der Waals surface area contributed by atoms with Crippen LogP contribution in [0.2, 0.25) is 0 Å². The monoisotopic (exact) mass is 317 g/mol. The van der Waals surface area contributed by atoms with Gasteiger partial charge in [-0.1, -0.05) is 0 Å². The average Bonchev–Trinajstić information content (AvgIpc) is 2.54. The number of anilines is 1. The summed E-state index contributed by atoms with van der Waals surface area (Å²) in [5.41, 5.74) is -0.423. The number of carbonyl (C=O) groups is 1. The van der Waals surface area contributed by atoms with Crippen LogP contribution in [-0.4, -0.2) is 31.3 Å². The molecule has 0 aliphatic carbocycles. The van der Waals surface area contributed by atoms with Gasteiger partial charge in [-0.05, 0) is 38.3 Å². The van der Waals surface area contributed by atoms with E-state index in [0.29, 0.717) is 6.61 Å². The van der Waals surface area contributed by atoms with E-state index in [1.54, 1.807) is 0 Å². The minimum Gasteiger partial charge on any atom is -0.376 e. The molecule has 2 atom stereocenters. The number of rotatable bonds is 5. The van der Waals surface area contributed by atoms with Crippen molar-refractivity contribution in [1.29, 1.82) is 0 Å². The number of carbonyl (C=O) groups excluding carboxylic acids is 1. The Balaban J connectivity index is 1.87. The molecule has 0 saturated carbocycles. The summed E-state index contributed by atoms with van der Waals surface area (Å²) in [4.78, 5) is 11.9. The zero-order valence-corrected chi connectivity index (χ0v) is 12.2. The molecule has 1 fully saturated rings. The summed E-state index contributed by atoms with van der Waals surface area (Å²) in [5, 5.41) is 2.18. The van der Waals surface area contributed by atoms with Crippen molar-refractivity contribution >= 4 is 11.6 Å². The third-order valence-corrected chi connectivity index (χ3v) is 3.47. The number of hydrogen-bond donors (Lipinski definition) is 1. The minimum absolute atomic E-state index is 0.0519. The van der Waals surface area contributed by atoms with Gasteiger partial charge in [0.1, 0.15) is 6.10 Å². The topological polar surface area (TPSA) is 47.6 Å². The SMILES string of the molecule is CC(OCC1CCCCO1)C(=O)Nc1ccc(F)c(F)c1F. The Labute approximate surface area is 126 Å². The fraction of sp³-hybridized carbons (Fsp3) is 0.533. The fourth-order valence-electron chi connectivity index (χ4n) is 2.12. The van der Waals surface area contributed by atoms with Crippen molar-refractivity contribution in [2.45, 2.75) is 38.4 Å². The Morgan fingerprint density at radius 2 is 2.14 bits per heavy atom. The van der Waals surface area contributed by atoms with Crippen molar-refractivity contribution in [2.24, 2.45) is 0 Å². The molecule has 1 aromatic rings. The van der Waals surface area contributed by atoms with Crippen molar-refractivity contribution in [3.63, 3.8) is 0 Å². The molecule has 1 aliphatic rings. The van der Waals surface area contributed by atoms with Crippen LogP contribution >= 0.6 is 0 Å². The number of hydrogen-bond acceptors (Lipinski definition) is 3. The normalized spacial score (nSPS) is 19.7. The third kappa shape index (κ3) is 4.20. The molecular formula is C15H18F3NO3. The van der Waals surface area contributed by atoms with Gasteiger partial charge in [0.05, 0.1) is 18.4 Å². The van der Waals surface area contributed by atoms with Crippen LogP contribution in [-0.2, 0) is 14.3 Å². The van der Waals surface area contributed by atoms with E-state index in [0.717, 1.165) is 31.4 Å². The Morgan fingerprint density at radius 3 is 2.82 bits per heavy atom. The van der Waals surface area contributed by atoms with Gasteiger partial charge < -0.3 is 14.8 Å². The molecule has 2 rings (SSSR count). The standard InChI is InChI=1S/C15H18F3NO3/c1-9(22-8-10-4-2-3-7-21-10)15(20)19-12-6-5-11(16)13(17)14(12)18/h5-6,9-10H,2-4,7-8H2,1H3,(H,19,20). The molecule has 1 aromatic carbocycles. The zero-order valence-electron chi connectivity index (χ0n) is 12.2. The zero-order chi connectivity index (χ0) is 16.1. The summed E-state index contributed by atoms with van der Waals surface area (Å²) in [6.45, 7) is 2.43. The Bertz CT molecular complexity index is 533. The first-order chi connectivity index (χ1) is 10.5. The van der Waals surface area contributed by atoms with E-state index < -0.39 is 35.2 Å². The third-order valence-electron chi connectivity index (χ3n) is 3.47. The van der Waals surface area contributed by atoms with E-state index in [9.17, 15) is 18.0 Å². The summed E-state index contributed by atoms with van der Waals surface area (Å²) < 4.78 is 50.2. The number of nitrogens with one attached hydrogen (secondary N) is 1. The molecule has 0 aromatic heterocycles. The smallest absolute Gasteiger partial charge is 0.253 e. The summed E-state index contributed by atoms with van der Waals surface area (Å²) in [7, 11) is 0. The number of ether oxygens (including phenoxy) is 2. The van der Waals surface area contributed by atoms with Crippen LogP contribution in [0, 0.1) is 17.5 Å². The van der Waals surface area contributed by atoms with E-state index in [1.807, 2.05) is 0 Å². The van der Waals surface area contributed by atoms with Crippen molar-refractivity contribution in [3.05, 3.63) is 29.6 Å². The molecule has 0 bridgehead atoms. The maximum Gasteiger partial charge on any atom is 0.253 e. The van der Waals surface area contributed by atoms with Gasteiger partial charge in [-0.25, -0.2) is 13.2 Å². The van der Waals surface area contributed by atoms with Gasteiger partial charge in [-0.15, -0.1) is 0 Å². The summed E-state index contributed by atoms with van der Waals surface area (Å²) >= 11 is 0. The van der Waals surface area contributed by atoms with Crippen LogP contribution in [0.3, 0.4) is 0 Å². The largest absolute Gasteiger partial charge is 0.376 e. The number of amides is 1. The second-order valence-electron chi connectivity index (χ2n) is 5.18. The Hall–Kier alpha value is -1.60. The van der Waals surface area contributed by atoms with Gasteiger partial charge in [0.15, 0.2) is 17.5 Å². The molecule has 0 spiro atoms. The van der Waals surface area contributed by atoms with Gasteiger partial charge in [0.25, 0.3) is 5.91 Å². The Kier molecular flexibility index (Phi) is 5.79. The summed E-state index contributed by atoms with van der Waals surface area (Å²) in [6.07, 6.45) is 2.02. The molecule has 1 aliphatic heterocycles. The Morgan fingerprint density at radius 1 is 1.36 bits per heavy atom.